The highest BCUT2D eigenvalue weighted by Gasteiger charge is 2.26. The Balaban J connectivity index is 2.21. The molecule has 1 atom stereocenters. The Kier molecular flexibility index (Phi) is 7.59. The van der Waals surface area contributed by atoms with Gasteiger partial charge in [0.15, 0.2) is 0 Å². The standard InChI is InChI=1S/C23H30N2O2/c1-5-12-24-23(27)19(4)25(16-21-11-7-9-18(3)14-21)22(26)15-20-10-6-8-17(2)13-20/h6-11,13-14,19H,5,12,15-16H2,1-4H3,(H,24,27)/t19-/m0/s1. The number of amides is 2. The maximum atomic E-state index is 13.1. The van der Waals surface area contributed by atoms with E-state index in [0.717, 1.165) is 28.7 Å². The quantitative estimate of drug-likeness (QED) is 0.773. The lowest BCUT2D eigenvalue weighted by Gasteiger charge is -2.29. The Labute approximate surface area is 162 Å². The zero-order valence-electron chi connectivity index (χ0n) is 16.8. The van der Waals surface area contributed by atoms with Crippen molar-refractivity contribution in [2.24, 2.45) is 0 Å². The molecule has 4 nitrogen and oxygen atoms in total. The minimum absolute atomic E-state index is 0.0405. The van der Waals surface area contributed by atoms with Crippen molar-refractivity contribution in [2.75, 3.05) is 6.54 Å². The van der Waals surface area contributed by atoms with Crippen LogP contribution in [0.5, 0.6) is 0 Å². The van der Waals surface area contributed by atoms with Gasteiger partial charge in [0.25, 0.3) is 0 Å². The molecule has 2 aromatic carbocycles. The molecule has 0 fully saturated rings. The molecule has 4 heteroatoms. The van der Waals surface area contributed by atoms with Gasteiger partial charge in [-0.1, -0.05) is 66.6 Å². The first-order valence-corrected chi connectivity index (χ1v) is 9.59. The van der Waals surface area contributed by atoms with E-state index >= 15 is 0 Å². The number of carbonyl (C=O) groups is 2. The van der Waals surface area contributed by atoms with Crippen LogP contribution in [0, 0.1) is 13.8 Å². The number of hydrogen-bond acceptors (Lipinski definition) is 2. The van der Waals surface area contributed by atoms with Gasteiger partial charge in [-0.25, -0.2) is 0 Å². The van der Waals surface area contributed by atoms with Gasteiger partial charge in [0.05, 0.1) is 6.42 Å². The van der Waals surface area contributed by atoms with Crippen molar-refractivity contribution in [3.8, 4) is 0 Å². The van der Waals surface area contributed by atoms with E-state index in [2.05, 4.69) is 11.4 Å². The number of nitrogens with zero attached hydrogens (tertiary/aromatic N) is 1. The highest BCUT2D eigenvalue weighted by molar-refractivity contribution is 5.88. The van der Waals surface area contributed by atoms with E-state index in [4.69, 9.17) is 0 Å². The first-order chi connectivity index (χ1) is 12.9. The molecule has 2 amide bonds. The predicted molar refractivity (Wildman–Crippen MR) is 109 cm³/mol. The van der Waals surface area contributed by atoms with Gasteiger partial charge in [-0.15, -0.1) is 0 Å². The largest absolute Gasteiger partial charge is 0.354 e. The zero-order valence-corrected chi connectivity index (χ0v) is 16.8. The molecule has 0 saturated heterocycles. The lowest BCUT2D eigenvalue weighted by Crippen LogP contribution is -2.48. The first-order valence-electron chi connectivity index (χ1n) is 9.59. The van der Waals surface area contributed by atoms with Crippen LogP contribution < -0.4 is 5.32 Å². The van der Waals surface area contributed by atoms with Crippen LogP contribution in [0.3, 0.4) is 0 Å². The normalized spacial score (nSPS) is 11.7. The molecule has 0 spiro atoms. The summed E-state index contributed by atoms with van der Waals surface area (Å²) in [5.74, 6) is -0.150. The fourth-order valence-electron chi connectivity index (χ4n) is 3.08. The molecular weight excluding hydrogens is 336 g/mol. The van der Waals surface area contributed by atoms with Gasteiger partial charge < -0.3 is 10.2 Å². The van der Waals surface area contributed by atoms with Crippen molar-refractivity contribution in [3.63, 3.8) is 0 Å². The van der Waals surface area contributed by atoms with Crippen molar-refractivity contribution < 1.29 is 9.59 Å². The summed E-state index contributed by atoms with van der Waals surface area (Å²) in [6, 6.07) is 15.5. The number of rotatable bonds is 8. The second-order valence-corrected chi connectivity index (χ2v) is 7.14. The molecule has 0 aromatic heterocycles. The molecule has 2 aromatic rings. The van der Waals surface area contributed by atoms with Crippen LogP contribution in [0.2, 0.25) is 0 Å². The van der Waals surface area contributed by atoms with Gasteiger partial charge in [0.1, 0.15) is 6.04 Å². The monoisotopic (exact) mass is 366 g/mol. The van der Waals surface area contributed by atoms with Crippen LogP contribution in [0.25, 0.3) is 0 Å². The summed E-state index contributed by atoms with van der Waals surface area (Å²) >= 11 is 0. The van der Waals surface area contributed by atoms with E-state index in [9.17, 15) is 9.59 Å². The van der Waals surface area contributed by atoms with E-state index in [0.29, 0.717) is 19.5 Å². The fraction of sp³-hybridized carbons (Fsp3) is 0.391. The van der Waals surface area contributed by atoms with Crippen LogP contribution in [0.1, 0.15) is 42.5 Å². The molecule has 0 radical (unpaired) electrons. The van der Waals surface area contributed by atoms with Crippen molar-refractivity contribution >= 4 is 11.8 Å². The summed E-state index contributed by atoms with van der Waals surface area (Å²) in [7, 11) is 0. The van der Waals surface area contributed by atoms with Crippen molar-refractivity contribution in [3.05, 3.63) is 70.8 Å². The highest BCUT2D eigenvalue weighted by atomic mass is 16.2. The van der Waals surface area contributed by atoms with Crippen LogP contribution in [-0.4, -0.2) is 29.3 Å². The minimum Gasteiger partial charge on any atom is -0.354 e. The van der Waals surface area contributed by atoms with E-state index < -0.39 is 6.04 Å². The minimum atomic E-state index is -0.519. The van der Waals surface area contributed by atoms with Crippen molar-refractivity contribution in [1.82, 2.24) is 10.2 Å². The van der Waals surface area contributed by atoms with E-state index in [1.807, 2.05) is 63.2 Å². The summed E-state index contributed by atoms with van der Waals surface area (Å²) in [5, 5.41) is 2.90. The predicted octanol–water partition coefficient (Wildman–Crippen LogP) is 3.79. The summed E-state index contributed by atoms with van der Waals surface area (Å²) in [6.45, 7) is 8.90. The molecular formula is C23H30N2O2. The molecule has 0 heterocycles. The van der Waals surface area contributed by atoms with Crippen molar-refractivity contribution in [2.45, 2.75) is 53.1 Å². The fourth-order valence-corrected chi connectivity index (χ4v) is 3.08. The molecule has 2 rings (SSSR count). The van der Waals surface area contributed by atoms with Gasteiger partial charge in [0.2, 0.25) is 11.8 Å². The number of carbonyl (C=O) groups excluding carboxylic acids is 2. The third kappa shape index (κ3) is 6.24. The maximum absolute atomic E-state index is 13.1. The van der Waals surface area contributed by atoms with E-state index in [-0.39, 0.29) is 11.8 Å². The molecule has 0 aliphatic carbocycles. The van der Waals surface area contributed by atoms with Gasteiger partial charge in [0, 0.05) is 13.1 Å². The lowest BCUT2D eigenvalue weighted by molar-refractivity contribution is -0.140. The highest BCUT2D eigenvalue weighted by Crippen LogP contribution is 2.14. The Morgan fingerprint density at radius 1 is 1.00 bits per heavy atom. The number of nitrogens with one attached hydrogen (secondary N) is 1. The summed E-state index contributed by atoms with van der Waals surface area (Å²) in [4.78, 5) is 27.3. The topological polar surface area (TPSA) is 49.4 Å². The molecule has 0 aliphatic rings. The average molecular weight is 367 g/mol. The Morgan fingerprint density at radius 3 is 2.19 bits per heavy atom. The molecule has 0 unspecified atom stereocenters. The van der Waals surface area contributed by atoms with Crippen molar-refractivity contribution in [1.29, 1.82) is 0 Å². The number of benzene rings is 2. The zero-order chi connectivity index (χ0) is 19.8. The molecule has 0 bridgehead atoms. The summed E-state index contributed by atoms with van der Waals surface area (Å²) in [6.07, 6.45) is 1.16. The number of aryl methyl sites for hydroxylation is 2. The lowest BCUT2D eigenvalue weighted by atomic mass is 10.1. The van der Waals surface area contributed by atoms with Gasteiger partial charge in [-0.05, 0) is 38.3 Å². The molecule has 27 heavy (non-hydrogen) atoms. The Morgan fingerprint density at radius 2 is 1.59 bits per heavy atom. The summed E-state index contributed by atoms with van der Waals surface area (Å²) in [5.41, 5.74) is 4.26. The number of hydrogen-bond donors (Lipinski definition) is 1. The first kappa shape index (κ1) is 20.7. The second-order valence-electron chi connectivity index (χ2n) is 7.14. The maximum Gasteiger partial charge on any atom is 0.242 e. The smallest absolute Gasteiger partial charge is 0.242 e. The molecule has 0 aliphatic heterocycles. The van der Waals surface area contributed by atoms with E-state index in [1.165, 1.54) is 0 Å². The summed E-state index contributed by atoms with van der Waals surface area (Å²) < 4.78 is 0. The Bertz CT molecular complexity index is 785. The molecule has 0 saturated carbocycles. The van der Waals surface area contributed by atoms with Crippen LogP contribution in [0.15, 0.2) is 48.5 Å². The third-order valence-electron chi connectivity index (χ3n) is 4.59. The van der Waals surface area contributed by atoms with Crippen LogP contribution >= 0.6 is 0 Å². The molecule has 1 N–H and O–H groups in total. The van der Waals surface area contributed by atoms with Crippen LogP contribution in [-0.2, 0) is 22.6 Å². The second kappa shape index (κ2) is 9.91. The Hall–Kier alpha value is -2.62. The SMILES string of the molecule is CCCNC(=O)[C@H](C)N(Cc1cccc(C)c1)C(=O)Cc1cccc(C)c1. The third-order valence-corrected chi connectivity index (χ3v) is 4.59. The van der Waals surface area contributed by atoms with Gasteiger partial charge >= 0.3 is 0 Å². The van der Waals surface area contributed by atoms with Gasteiger partial charge in [-0.2, -0.15) is 0 Å². The van der Waals surface area contributed by atoms with E-state index in [1.54, 1.807) is 11.8 Å². The molecule has 144 valence electrons. The average Bonchev–Trinajstić information content (AvgIpc) is 2.63. The van der Waals surface area contributed by atoms with Crippen LogP contribution in [0.4, 0.5) is 0 Å². The van der Waals surface area contributed by atoms with Gasteiger partial charge in [-0.3, -0.25) is 9.59 Å².